The minimum Gasteiger partial charge on any atom is -0.507 e. The van der Waals surface area contributed by atoms with E-state index < -0.39 is 0 Å². The van der Waals surface area contributed by atoms with Crippen LogP contribution in [0.4, 0.5) is 4.39 Å². The fourth-order valence-electron chi connectivity index (χ4n) is 1.67. The third-order valence-electron chi connectivity index (χ3n) is 2.63. The average Bonchev–Trinajstić information content (AvgIpc) is 2.28. The van der Waals surface area contributed by atoms with Crippen LogP contribution in [-0.2, 0) is 0 Å². The van der Waals surface area contributed by atoms with Crippen LogP contribution >= 0.6 is 8.58 Å². The number of hydrogen-bond acceptors (Lipinski definition) is 1. The number of halogens is 1. The molecular weight excluding hydrogens is 234 g/mol. The first-order valence-electron chi connectivity index (χ1n) is 5.39. The number of phenolic OH excluding ortho intramolecular Hbond substituents is 1. The first kappa shape index (κ1) is 12.1. The monoisotopic (exact) mass is 248 g/mol. The van der Waals surface area contributed by atoms with E-state index in [-0.39, 0.29) is 20.1 Å². The number of rotatable bonds is 2. The Kier molecular flexibility index (Phi) is 3.44. The second kappa shape index (κ2) is 4.85. The molecule has 0 heterocycles. The molecule has 0 aliphatic carbocycles. The van der Waals surface area contributed by atoms with Crippen molar-refractivity contribution in [3.63, 3.8) is 0 Å². The molecule has 0 fully saturated rings. The molecule has 0 saturated heterocycles. The molecule has 88 valence electrons. The Balaban J connectivity index is 2.41. The van der Waals surface area contributed by atoms with Crippen molar-refractivity contribution in [3.05, 3.63) is 53.3 Å². The first-order chi connectivity index (χ1) is 8.08. The summed E-state index contributed by atoms with van der Waals surface area (Å²) < 4.78 is 13.7. The minimum atomic E-state index is -0.204. The zero-order chi connectivity index (χ0) is 12.4. The number of hydrogen-bond donors (Lipinski definition) is 1. The summed E-state index contributed by atoms with van der Waals surface area (Å²) in [5, 5.41) is 11.2. The predicted octanol–water partition coefficient (Wildman–Crippen LogP) is 2.78. The van der Waals surface area contributed by atoms with Gasteiger partial charge in [-0.2, -0.15) is 0 Å². The number of aromatic hydroxyl groups is 1. The molecule has 0 spiro atoms. The van der Waals surface area contributed by atoms with E-state index in [2.05, 4.69) is 0 Å². The van der Waals surface area contributed by atoms with Crippen molar-refractivity contribution < 1.29 is 9.50 Å². The summed E-state index contributed by atoms with van der Waals surface area (Å²) in [7, 11) is 0.145. The molecule has 0 saturated carbocycles. The normalized spacial score (nSPS) is 11.2. The van der Waals surface area contributed by atoms with Crippen molar-refractivity contribution in [1.82, 2.24) is 0 Å². The Morgan fingerprint density at radius 2 is 1.88 bits per heavy atom. The van der Waals surface area contributed by atoms with Crippen molar-refractivity contribution >= 4 is 19.2 Å². The van der Waals surface area contributed by atoms with Gasteiger partial charge in [-0.05, 0) is 37.6 Å². The van der Waals surface area contributed by atoms with Gasteiger partial charge in [-0.15, -0.1) is 0 Å². The summed E-state index contributed by atoms with van der Waals surface area (Å²) in [5.74, 6) is 0.0285. The van der Waals surface area contributed by atoms with Gasteiger partial charge in [-0.1, -0.05) is 32.3 Å². The Morgan fingerprint density at radius 3 is 2.59 bits per heavy atom. The van der Waals surface area contributed by atoms with E-state index in [4.69, 9.17) is 0 Å². The molecule has 1 N–H and O–H groups in total. The SMILES string of the molecule is Cc1ccc(O)c(Pc2c(C)cccc2F)c1. The van der Waals surface area contributed by atoms with Crippen molar-refractivity contribution in [2.75, 3.05) is 0 Å². The minimum absolute atomic E-state index is 0.145. The Hall–Kier alpha value is -1.40. The van der Waals surface area contributed by atoms with Crippen molar-refractivity contribution in [1.29, 1.82) is 0 Å². The maximum atomic E-state index is 13.7. The lowest BCUT2D eigenvalue weighted by atomic mass is 10.2. The third kappa shape index (κ3) is 2.65. The smallest absolute Gasteiger partial charge is 0.131 e. The van der Waals surface area contributed by atoms with Gasteiger partial charge in [0.1, 0.15) is 11.6 Å². The zero-order valence-corrected chi connectivity index (χ0v) is 10.8. The average molecular weight is 248 g/mol. The summed E-state index contributed by atoms with van der Waals surface area (Å²) in [6.45, 7) is 3.85. The lowest BCUT2D eigenvalue weighted by Gasteiger charge is -2.09. The third-order valence-corrected chi connectivity index (χ3v) is 4.19. The van der Waals surface area contributed by atoms with Crippen LogP contribution in [0.5, 0.6) is 5.75 Å². The van der Waals surface area contributed by atoms with Crippen LogP contribution in [-0.4, -0.2) is 5.11 Å². The highest BCUT2D eigenvalue weighted by atomic mass is 31.1. The van der Waals surface area contributed by atoms with Crippen LogP contribution in [0.1, 0.15) is 11.1 Å². The molecule has 0 radical (unpaired) electrons. The van der Waals surface area contributed by atoms with Crippen LogP contribution in [0.3, 0.4) is 0 Å². The molecule has 2 aromatic carbocycles. The standard InChI is InChI=1S/C14H14FOP/c1-9-6-7-12(16)13(8-9)17-14-10(2)4-3-5-11(14)15/h3-8,16-17H,1-2H3. The molecule has 2 aromatic rings. The van der Waals surface area contributed by atoms with Crippen molar-refractivity contribution in [3.8, 4) is 5.75 Å². The highest BCUT2D eigenvalue weighted by Gasteiger charge is 2.09. The maximum Gasteiger partial charge on any atom is 0.131 e. The second-order valence-electron chi connectivity index (χ2n) is 4.08. The van der Waals surface area contributed by atoms with Crippen LogP contribution in [0.15, 0.2) is 36.4 Å². The van der Waals surface area contributed by atoms with Gasteiger partial charge < -0.3 is 5.11 Å². The second-order valence-corrected chi connectivity index (χ2v) is 5.37. The first-order valence-corrected chi connectivity index (χ1v) is 6.39. The van der Waals surface area contributed by atoms with Gasteiger partial charge in [0, 0.05) is 10.6 Å². The molecule has 0 aliphatic rings. The molecule has 17 heavy (non-hydrogen) atoms. The van der Waals surface area contributed by atoms with E-state index in [1.807, 2.05) is 32.0 Å². The van der Waals surface area contributed by atoms with E-state index in [1.165, 1.54) is 6.07 Å². The van der Waals surface area contributed by atoms with E-state index >= 15 is 0 Å². The van der Waals surface area contributed by atoms with Gasteiger partial charge in [0.25, 0.3) is 0 Å². The van der Waals surface area contributed by atoms with E-state index in [9.17, 15) is 9.50 Å². The Morgan fingerprint density at radius 1 is 1.12 bits per heavy atom. The highest BCUT2D eigenvalue weighted by molar-refractivity contribution is 7.55. The number of phenols is 1. The van der Waals surface area contributed by atoms with E-state index in [0.29, 0.717) is 5.30 Å². The fraction of sp³-hybridized carbons (Fsp3) is 0.143. The summed E-state index contributed by atoms with van der Waals surface area (Å²) in [6.07, 6.45) is 0. The summed E-state index contributed by atoms with van der Waals surface area (Å²) in [4.78, 5) is 0. The Bertz CT molecular complexity index is 532. The zero-order valence-electron chi connectivity index (χ0n) is 9.79. The van der Waals surface area contributed by atoms with Crippen LogP contribution in [0.2, 0.25) is 0 Å². The molecular formula is C14H14FOP. The van der Waals surface area contributed by atoms with Gasteiger partial charge >= 0.3 is 0 Å². The topological polar surface area (TPSA) is 20.2 Å². The van der Waals surface area contributed by atoms with Crippen LogP contribution in [0, 0.1) is 19.7 Å². The number of aryl methyl sites for hydroxylation is 2. The number of benzene rings is 2. The fourth-order valence-corrected chi connectivity index (χ4v) is 2.94. The molecule has 1 unspecified atom stereocenters. The quantitative estimate of drug-likeness (QED) is 0.810. The summed E-state index contributed by atoms with van der Waals surface area (Å²) in [6, 6.07) is 10.5. The molecule has 0 bridgehead atoms. The molecule has 0 amide bonds. The van der Waals surface area contributed by atoms with Gasteiger partial charge in [-0.3, -0.25) is 0 Å². The largest absolute Gasteiger partial charge is 0.507 e. The maximum absolute atomic E-state index is 13.7. The molecule has 3 heteroatoms. The molecule has 1 nitrogen and oxygen atoms in total. The highest BCUT2D eigenvalue weighted by Crippen LogP contribution is 2.22. The van der Waals surface area contributed by atoms with E-state index in [0.717, 1.165) is 16.4 Å². The summed E-state index contributed by atoms with van der Waals surface area (Å²) >= 11 is 0. The Labute approximate surface area is 102 Å². The molecule has 0 aliphatic heterocycles. The van der Waals surface area contributed by atoms with Gasteiger partial charge in [-0.25, -0.2) is 4.39 Å². The predicted molar refractivity (Wildman–Crippen MR) is 71.6 cm³/mol. The van der Waals surface area contributed by atoms with Gasteiger partial charge in [0.05, 0.1) is 0 Å². The van der Waals surface area contributed by atoms with Crippen LogP contribution < -0.4 is 10.6 Å². The lowest BCUT2D eigenvalue weighted by Crippen LogP contribution is -2.11. The summed E-state index contributed by atoms with van der Waals surface area (Å²) in [5.41, 5.74) is 1.99. The molecule has 2 rings (SSSR count). The van der Waals surface area contributed by atoms with Gasteiger partial charge in [0.2, 0.25) is 0 Å². The van der Waals surface area contributed by atoms with Crippen molar-refractivity contribution in [2.45, 2.75) is 13.8 Å². The van der Waals surface area contributed by atoms with Crippen LogP contribution in [0.25, 0.3) is 0 Å². The van der Waals surface area contributed by atoms with Gasteiger partial charge in [0.15, 0.2) is 0 Å². The molecule has 1 atom stereocenters. The van der Waals surface area contributed by atoms with E-state index in [1.54, 1.807) is 12.1 Å². The molecule has 0 aromatic heterocycles. The lowest BCUT2D eigenvalue weighted by molar-refractivity contribution is 0.479. The van der Waals surface area contributed by atoms with Crippen molar-refractivity contribution in [2.24, 2.45) is 0 Å².